The fourth-order valence-electron chi connectivity index (χ4n) is 2.49. The van der Waals surface area contributed by atoms with E-state index in [1.54, 1.807) is 6.33 Å². The average Bonchev–Trinajstić information content (AvgIpc) is 2.59. The first-order valence-electron chi connectivity index (χ1n) is 6.44. The van der Waals surface area contributed by atoms with Crippen LogP contribution < -0.4 is 10.6 Å². The van der Waals surface area contributed by atoms with Crippen molar-refractivity contribution in [1.82, 2.24) is 9.97 Å². The Hall–Kier alpha value is -1.32. The van der Waals surface area contributed by atoms with Crippen LogP contribution in [0, 0.1) is 5.41 Å². The Morgan fingerprint density at radius 3 is 2.76 bits per heavy atom. The molecule has 1 aliphatic rings. The molecule has 0 amide bonds. The summed E-state index contributed by atoms with van der Waals surface area (Å²) in [6.07, 6.45) is 5.43. The molecule has 1 fully saturated rings. The van der Waals surface area contributed by atoms with Gasteiger partial charge in [-0.25, -0.2) is 9.97 Å². The van der Waals surface area contributed by atoms with Crippen molar-refractivity contribution in [3.8, 4) is 0 Å². The Kier molecular flexibility index (Phi) is 3.50. The SMILES string of the molecule is CCNc1cc(NC2CCCC2(C)C)ncn1. The zero-order chi connectivity index (χ0) is 12.3. The van der Waals surface area contributed by atoms with Crippen molar-refractivity contribution in [1.29, 1.82) is 0 Å². The van der Waals surface area contributed by atoms with Gasteiger partial charge in [0.1, 0.15) is 18.0 Å². The van der Waals surface area contributed by atoms with Gasteiger partial charge < -0.3 is 10.6 Å². The highest BCUT2D eigenvalue weighted by Gasteiger charge is 2.34. The van der Waals surface area contributed by atoms with Crippen LogP contribution in [-0.4, -0.2) is 22.6 Å². The summed E-state index contributed by atoms with van der Waals surface area (Å²) in [7, 11) is 0. The van der Waals surface area contributed by atoms with E-state index in [1.165, 1.54) is 19.3 Å². The second-order valence-corrected chi connectivity index (χ2v) is 5.40. The molecule has 4 heteroatoms. The topological polar surface area (TPSA) is 49.8 Å². The molecular formula is C13H22N4. The lowest BCUT2D eigenvalue weighted by Crippen LogP contribution is -2.31. The molecule has 0 aromatic carbocycles. The number of anilines is 2. The zero-order valence-corrected chi connectivity index (χ0v) is 11.0. The third-order valence-electron chi connectivity index (χ3n) is 3.60. The van der Waals surface area contributed by atoms with Crippen LogP contribution in [0.1, 0.15) is 40.0 Å². The van der Waals surface area contributed by atoms with E-state index in [9.17, 15) is 0 Å². The molecular weight excluding hydrogens is 212 g/mol. The van der Waals surface area contributed by atoms with Crippen LogP contribution in [0.15, 0.2) is 12.4 Å². The van der Waals surface area contributed by atoms with Crippen molar-refractivity contribution in [2.24, 2.45) is 5.41 Å². The lowest BCUT2D eigenvalue weighted by molar-refractivity contribution is 0.349. The number of nitrogens with one attached hydrogen (secondary N) is 2. The molecule has 94 valence electrons. The molecule has 1 saturated carbocycles. The molecule has 17 heavy (non-hydrogen) atoms. The van der Waals surface area contributed by atoms with Crippen molar-refractivity contribution in [2.45, 2.75) is 46.1 Å². The number of nitrogens with zero attached hydrogens (tertiary/aromatic N) is 2. The minimum Gasteiger partial charge on any atom is -0.370 e. The largest absolute Gasteiger partial charge is 0.370 e. The van der Waals surface area contributed by atoms with Crippen molar-refractivity contribution in [3.05, 3.63) is 12.4 Å². The highest BCUT2D eigenvalue weighted by Crippen LogP contribution is 2.38. The molecule has 4 nitrogen and oxygen atoms in total. The van der Waals surface area contributed by atoms with E-state index in [2.05, 4.69) is 41.4 Å². The molecule has 1 unspecified atom stereocenters. The number of hydrogen-bond acceptors (Lipinski definition) is 4. The quantitative estimate of drug-likeness (QED) is 0.841. The minimum absolute atomic E-state index is 0.364. The summed E-state index contributed by atoms with van der Waals surface area (Å²) in [5, 5.41) is 6.74. The second kappa shape index (κ2) is 4.90. The fourth-order valence-corrected chi connectivity index (χ4v) is 2.49. The van der Waals surface area contributed by atoms with Crippen LogP contribution in [0.4, 0.5) is 11.6 Å². The normalized spacial score (nSPS) is 22.4. The first kappa shape index (κ1) is 12.1. The van der Waals surface area contributed by atoms with E-state index in [1.807, 2.05) is 6.07 Å². The summed E-state index contributed by atoms with van der Waals surface area (Å²) >= 11 is 0. The summed E-state index contributed by atoms with van der Waals surface area (Å²) in [4.78, 5) is 8.47. The second-order valence-electron chi connectivity index (χ2n) is 5.40. The predicted octanol–water partition coefficient (Wildman–Crippen LogP) is 2.90. The van der Waals surface area contributed by atoms with Gasteiger partial charge in [0.25, 0.3) is 0 Å². The van der Waals surface area contributed by atoms with Gasteiger partial charge in [0.15, 0.2) is 0 Å². The van der Waals surface area contributed by atoms with Crippen LogP contribution in [0.5, 0.6) is 0 Å². The van der Waals surface area contributed by atoms with Crippen molar-refractivity contribution in [3.63, 3.8) is 0 Å². The number of hydrogen-bond donors (Lipinski definition) is 2. The Bertz CT molecular complexity index is 375. The van der Waals surface area contributed by atoms with Gasteiger partial charge in [0, 0.05) is 18.7 Å². The third kappa shape index (κ3) is 2.87. The minimum atomic E-state index is 0.364. The molecule has 0 aliphatic heterocycles. The first-order valence-corrected chi connectivity index (χ1v) is 6.44. The van der Waals surface area contributed by atoms with Gasteiger partial charge in [0.2, 0.25) is 0 Å². The summed E-state index contributed by atoms with van der Waals surface area (Å²) in [6, 6.07) is 2.50. The maximum Gasteiger partial charge on any atom is 0.131 e. The first-order chi connectivity index (χ1) is 8.12. The maximum atomic E-state index is 4.29. The lowest BCUT2D eigenvalue weighted by Gasteiger charge is -2.28. The van der Waals surface area contributed by atoms with Crippen LogP contribution >= 0.6 is 0 Å². The van der Waals surface area contributed by atoms with E-state index >= 15 is 0 Å². The van der Waals surface area contributed by atoms with E-state index in [4.69, 9.17) is 0 Å². The Balaban J connectivity index is 2.05. The summed E-state index contributed by atoms with van der Waals surface area (Å²) < 4.78 is 0. The molecule has 0 bridgehead atoms. The highest BCUT2D eigenvalue weighted by atomic mass is 15.1. The highest BCUT2D eigenvalue weighted by molar-refractivity contribution is 5.47. The molecule has 0 saturated heterocycles. The zero-order valence-electron chi connectivity index (χ0n) is 11.0. The van der Waals surface area contributed by atoms with Gasteiger partial charge in [0.05, 0.1) is 0 Å². The molecule has 1 aromatic heterocycles. The van der Waals surface area contributed by atoms with Gasteiger partial charge in [-0.1, -0.05) is 20.3 Å². The standard InChI is InChI=1S/C13H22N4/c1-4-14-11-8-12(16-9-15-11)17-10-6-5-7-13(10,2)3/h8-10H,4-7H2,1-3H3,(H2,14,15,16,17). The van der Waals surface area contributed by atoms with E-state index < -0.39 is 0 Å². The molecule has 1 aromatic rings. The predicted molar refractivity (Wildman–Crippen MR) is 71.2 cm³/mol. The van der Waals surface area contributed by atoms with Crippen LogP contribution in [0.2, 0.25) is 0 Å². The van der Waals surface area contributed by atoms with Gasteiger partial charge in [-0.3, -0.25) is 0 Å². The van der Waals surface area contributed by atoms with E-state index in [0.717, 1.165) is 18.2 Å². The molecule has 2 N–H and O–H groups in total. The van der Waals surface area contributed by atoms with Gasteiger partial charge >= 0.3 is 0 Å². The number of aromatic nitrogens is 2. The van der Waals surface area contributed by atoms with Crippen LogP contribution in [-0.2, 0) is 0 Å². The Morgan fingerprint density at radius 2 is 2.12 bits per heavy atom. The summed E-state index contributed by atoms with van der Waals surface area (Å²) in [5.41, 5.74) is 0.364. The lowest BCUT2D eigenvalue weighted by atomic mass is 9.87. The summed E-state index contributed by atoms with van der Waals surface area (Å²) in [6.45, 7) is 7.59. The third-order valence-corrected chi connectivity index (χ3v) is 3.60. The molecule has 1 heterocycles. The molecule has 2 rings (SSSR count). The van der Waals surface area contributed by atoms with Gasteiger partial charge in [-0.2, -0.15) is 0 Å². The monoisotopic (exact) mass is 234 g/mol. The molecule has 0 radical (unpaired) electrons. The average molecular weight is 234 g/mol. The van der Waals surface area contributed by atoms with Crippen molar-refractivity contribution >= 4 is 11.6 Å². The Morgan fingerprint density at radius 1 is 1.35 bits per heavy atom. The summed E-state index contributed by atoms with van der Waals surface area (Å²) in [5.74, 6) is 1.82. The molecule has 1 aliphatic carbocycles. The van der Waals surface area contributed by atoms with Crippen molar-refractivity contribution in [2.75, 3.05) is 17.2 Å². The smallest absolute Gasteiger partial charge is 0.131 e. The fraction of sp³-hybridized carbons (Fsp3) is 0.692. The van der Waals surface area contributed by atoms with Gasteiger partial charge in [-0.05, 0) is 25.2 Å². The van der Waals surface area contributed by atoms with Crippen LogP contribution in [0.25, 0.3) is 0 Å². The molecule has 1 atom stereocenters. The molecule has 0 spiro atoms. The van der Waals surface area contributed by atoms with Gasteiger partial charge in [-0.15, -0.1) is 0 Å². The van der Waals surface area contributed by atoms with E-state index in [0.29, 0.717) is 11.5 Å². The van der Waals surface area contributed by atoms with Crippen molar-refractivity contribution < 1.29 is 0 Å². The number of rotatable bonds is 4. The maximum absolute atomic E-state index is 4.29. The van der Waals surface area contributed by atoms with Crippen LogP contribution in [0.3, 0.4) is 0 Å². The Labute approximate surface area is 103 Å². The van der Waals surface area contributed by atoms with E-state index in [-0.39, 0.29) is 0 Å².